The molecule has 0 amide bonds. The van der Waals surface area contributed by atoms with E-state index in [9.17, 15) is 9.18 Å². The molecule has 0 bridgehead atoms. The first-order valence-electron chi connectivity index (χ1n) is 7.12. The summed E-state index contributed by atoms with van der Waals surface area (Å²) >= 11 is 0. The lowest BCUT2D eigenvalue weighted by Crippen LogP contribution is -2.24. The number of rotatable bonds is 3. The Bertz CT molecular complexity index is 720. The second-order valence-corrected chi connectivity index (χ2v) is 5.45. The Morgan fingerprint density at radius 3 is 2.86 bits per heavy atom. The Balaban J connectivity index is 1.94. The van der Waals surface area contributed by atoms with Crippen molar-refractivity contribution in [2.24, 2.45) is 5.92 Å². The molecule has 114 valence electrons. The van der Waals surface area contributed by atoms with Crippen LogP contribution < -0.4 is 4.90 Å². The van der Waals surface area contributed by atoms with E-state index in [1.54, 1.807) is 24.4 Å². The summed E-state index contributed by atoms with van der Waals surface area (Å²) in [6, 6.07) is 6.47. The number of hydrogen-bond donors (Lipinski definition) is 1. The van der Waals surface area contributed by atoms with Crippen LogP contribution in [0.3, 0.4) is 0 Å². The second kappa shape index (κ2) is 5.71. The third-order valence-electron chi connectivity index (χ3n) is 3.91. The van der Waals surface area contributed by atoms with Gasteiger partial charge in [-0.25, -0.2) is 14.4 Å². The molecular formula is C16H16FN3O2. The lowest BCUT2D eigenvalue weighted by molar-refractivity contribution is -0.140. The lowest BCUT2D eigenvalue weighted by Gasteiger charge is -2.17. The van der Waals surface area contributed by atoms with Crippen molar-refractivity contribution in [3.05, 3.63) is 41.8 Å². The van der Waals surface area contributed by atoms with Crippen LogP contribution in [0.4, 0.5) is 10.3 Å². The molecule has 1 atom stereocenters. The molecule has 1 fully saturated rings. The zero-order valence-electron chi connectivity index (χ0n) is 12.2. The average molecular weight is 301 g/mol. The monoisotopic (exact) mass is 301 g/mol. The molecule has 1 unspecified atom stereocenters. The molecule has 2 heterocycles. The highest BCUT2D eigenvalue weighted by atomic mass is 19.1. The molecule has 6 heteroatoms. The molecule has 1 saturated heterocycles. The van der Waals surface area contributed by atoms with E-state index in [0.717, 1.165) is 5.56 Å². The van der Waals surface area contributed by atoms with E-state index in [-0.39, 0.29) is 5.82 Å². The zero-order chi connectivity index (χ0) is 15.7. The topological polar surface area (TPSA) is 66.3 Å². The highest BCUT2D eigenvalue weighted by molar-refractivity contribution is 5.72. The Labute approximate surface area is 127 Å². The fraction of sp³-hybridized carbons (Fsp3) is 0.312. The fourth-order valence-electron chi connectivity index (χ4n) is 2.65. The Kier molecular flexibility index (Phi) is 3.75. The quantitative estimate of drug-likeness (QED) is 0.943. The van der Waals surface area contributed by atoms with Gasteiger partial charge in [0.2, 0.25) is 5.95 Å². The molecule has 2 aromatic rings. The normalized spacial score (nSPS) is 17.7. The predicted molar refractivity (Wildman–Crippen MR) is 80.1 cm³/mol. The van der Waals surface area contributed by atoms with Crippen LogP contribution in [0.15, 0.2) is 30.5 Å². The molecule has 1 aromatic carbocycles. The van der Waals surface area contributed by atoms with Crippen molar-refractivity contribution in [1.29, 1.82) is 0 Å². The maximum Gasteiger partial charge on any atom is 0.308 e. The van der Waals surface area contributed by atoms with E-state index >= 15 is 0 Å². The number of anilines is 1. The fourth-order valence-corrected chi connectivity index (χ4v) is 2.65. The smallest absolute Gasteiger partial charge is 0.308 e. The number of aryl methyl sites for hydroxylation is 1. The van der Waals surface area contributed by atoms with Gasteiger partial charge in [-0.15, -0.1) is 0 Å². The minimum absolute atomic E-state index is 0.333. The van der Waals surface area contributed by atoms with Gasteiger partial charge >= 0.3 is 5.97 Å². The molecule has 0 radical (unpaired) electrons. The first-order chi connectivity index (χ1) is 10.6. The predicted octanol–water partition coefficient (Wildman–Crippen LogP) is 2.50. The van der Waals surface area contributed by atoms with Gasteiger partial charge in [0.15, 0.2) is 0 Å². The van der Waals surface area contributed by atoms with Gasteiger partial charge in [-0.05, 0) is 31.0 Å². The van der Waals surface area contributed by atoms with Crippen LogP contribution in [0.1, 0.15) is 12.0 Å². The van der Waals surface area contributed by atoms with Crippen molar-refractivity contribution in [3.63, 3.8) is 0 Å². The number of halogens is 1. The minimum Gasteiger partial charge on any atom is -0.481 e. The minimum atomic E-state index is -0.802. The molecule has 3 rings (SSSR count). The molecule has 0 saturated carbocycles. The molecule has 0 spiro atoms. The van der Waals surface area contributed by atoms with Crippen LogP contribution in [-0.4, -0.2) is 34.1 Å². The molecule has 1 aromatic heterocycles. The first kappa shape index (κ1) is 14.4. The second-order valence-electron chi connectivity index (χ2n) is 5.45. The van der Waals surface area contributed by atoms with Crippen molar-refractivity contribution in [2.45, 2.75) is 13.3 Å². The average Bonchev–Trinajstić information content (AvgIpc) is 2.99. The molecule has 0 aliphatic carbocycles. The van der Waals surface area contributed by atoms with E-state index < -0.39 is 11.9 Å². The van der Waals surface area contributed by atoms with Crippen LogP contribution in [-0.2, 0) is 4.79 Å². The summed E-state index contributed by atoms with van der Waals surface area (Å²) < 4.78 is 14.0. The number of carbonyl (C=O) groups is 1. The number of carboxylic acid groups (broad SMARTS) is 1. The van der Waals surface area contributed by atoms with Gasteiger partial charge in [0.25, 0.3) is 0 Å². The number of hydrogen-bond acceptors (Lipinski definition) is 4. The van der Waals surface area contributed by atoms with E-state index in [4.69, 9.17) is 5.11 Å². The summed E-state index contributed by atoms with van der Waals surface area (Å²) in [4.78, 5) is 21.6. The van der Waals surface area contributed by atoms with Crippen molar-refractivity contribution < 1.29 is 14.3 Å². The molecule has 5 nitrogen and oxygen atoms in total. The van der Waals surface area contributed by atoms with Gasteiger partial charge in [0.05, 0.1) is 11.6 Å². The Morgan fingerprint density at radius 1 is 1.41 bits per heavy atom. The van der Waals surface area contributed by atoms with Crippen LogP contribution in [0.25, 0.3) is 11.3 Å². The van der Waals surface area contributed by atoms with Gasteiger partial charge in [-0.1, -0.05) is 12.1 Å². The lowest BCUT2D eigenvalue weighted by atomic mass is 10.1. The molecular weight excluding hydrogens is 285 g/mol. The maximum atomic E-state index is 14.0. The maximum absolute atomic E-state index is 14.0. The molecule has 1 aliphatic heterocycles. The first-order valence-corrected chi connectivity index (χ1v) is 7.12. The SMILES string of the molecule is Cc1cnc(N2CCC(C(=O)O)C2)nc1-c1ccccc1F. The largest absolute Gasteiger partial charge is 0.481 e. The zero-order valence-corrected chi connectivity index (χ0v) is 12.2. The number of aliphatic carboxylic acids is 1. The Morgan fingerprint density at radius 2 is 2.18 bits per heavy atom. The number of nitrogens with zero attached hydrogens (tertiary/aromatic N) is 3. The van der Waals surface area contributed by atoms with E-state index in [1.807, 2.05) is 11.8 Å². The van der Waals surface area contributed by atoms with Crippen molar-refractivity contribution in [3.8, 4) is 11.3 Å². The third kappa shape index (κ3) is 2.64. The van der Waals surface area contributed by atoms with Crippen LogP contribution in [0.2, 0.25) is 0 Å². The summed E-state index contributed by atoms with van der Waals surface area (Å²) in [5, 5.41) is 9.07. The molecule has 1 N–H and O–H groups in total. The van der Waals surface area contributed by atoms with Crippen molar-refractivity contribution >= 4 is 11.9 Å². The number of carboxylic acids is 1. The van der Waals surface area contributed by atoms with Crippen LogP contribution in [0, 0.1) is 18.7 Å². The standard InChI is InChI=1S/C16H16FN3O2/c1-10-8-18-16(20-7-6-11(9-20)15(21)22)19-14(10)12-4-2-3-5-13(12)17/h2-5,8,11H,6-7,9H2,1H3,(H,21,22). The molecule has 1 aliphatic rings. The van der Waals surface area contributed by atoms with Crippen molar-refractivity contribution in [2.75, 3.05) is 18.0 Å². The van der Waals surface area contributed by atoms with Gasteiger partial charge < -0.3 is 10.0 Å². The van der Waals surface area contributed by atoms with Crippen LogP contribution >= 0.6 is 0 Å². The van der Waals surface area contributed by atoms with Gasteiger partial charge in [-0.2, -0.15) is 0 Å². The number of aromatic nitrogens is 2. The third-order valence-corrected chi connectivity index (χ3v) is 3.91. The summed E-state index contributed by atoms with van der Waals surface area (Å²) in [6.07, 6.45) is 2.22. The van der Waals surface area contributed by atoms with Gasteiger partial charge in [0, 0.05) is 24.8 Å². The van der Waals surface area contributed by atoms with Gasteiger partial charge in [-0.3, -0.25) is 4.79 Å². The molecule has 22 heavy (non-hydrogen) atoms. The highest BCUT2D eigenvalue weighted by Gasteiger charge is 2.29. The Hall–Kier alpha value is -2.50. The van der Waals surface area contributed by atoms with E-state index in [1.165, 1.54) is 6.07 Å². The van der Waals surface area contributed by atoms with Crippen LogP contribution in [0.5, 0.6) is 0 Å². The van der Waals surface area contributed by atoms with Crippen molar-refractivity contribution in [1.82, 2.24) is 9.97 Å². The van der Waals surface area contributed by atoms with E-state index in [2.05, 4.69) is 9.97 Å². The summed E-state index contributed by atoms with van der Waals surface area (Å²) in [5.74, 6) is -1.08. The van der Waals surface area contributed by atoms with Gasteiger partial charge in [0.1, 0.15) is 5.82 Å². The summed E-state index contributed by atoms with van der Waals surface area (Å²) in [5.41, 5.74) is 1.75. The summed E-state index contributed by atoms with van der Waals surface area (Å²) in [7, 11) is 0. The highest BCUT2D eigenvalue weighted by Crippen LogP contribution is 2.27. The van der Waals surface area contributed by atoms with E-state index in [0.29, 0.717) is 36.7 Å². The number of benzene rings is 1. The summed E-state index contributed by atoms with van der Waals surface area (Å²) in [6.45, 7) is 2.81.